The van der Waals surface area contributed by atoms with E-state index in [4.69, 9.17) is 0 Å². The lowest BCUT2D eigenvalue weighted by molar-refractivity contribution is 0.554. The molecule has 0 nitrogen and oxygen atoms in total. The lowest BCUT2D eigenvalue weighted by atomic mass is 9.96. The summed E-state index contributed by atoms with van der Waals surface area (Å²) in [5.41, 5.74) is 1.44. The second-order valence-corrected chi connectivity index (χ2v) is 5.05. The topological polar surface area (TPSA) is 0 Å². The van der Waals surface area contributed by atoms with E-state index in [0.717, 1.165) is 4.48 Å². The van der Waals surface area contributed by atoms with Crippen LogP contribution in [0.2, 0.25) is 0 Å². The second kappa shape index (κ2) is 9.73. The molecule has 0 heterocycles. The number of halogens is 1. The van der Waals surface area contributed by atoms with Gasteiger partial charge in [-0.15, -0.1) is 5.92 Å². The van der Waals surface area contributed by atoms with Crippen molar-refractivity contribution in [3.63, 3.8) is 0 Å². The highest BCUT2D eigenvalue weighted by molar-refractivity contribution is 9.12. The summed E-state index contributed by atoms with van der Waals surface area (Å²) < 4.78 is 0.954. The normalized spacial score (nSPS) is 14.3. The van der Waals surface area contributed by atoms with Crippen LogP contribution >= 0.6 is 15.9 Å². The third-order valence-electron chi connectivity index (χ3n) is 2.75. The monoisotopic (exact) mass is 282 g/mol. The molecule has 0 bridgehead atoms. The van der Waals surface area contributed by atoms with Crippen LogP contribution < -0.4 is 0 Å². The standard InChI is InChI=1S/C15H23Br/c1-5-7-8-10-13(3)14(4)11-12-15(16)9-6-2/h11-13H,5,7-8,10H2,1-4H3/b14-11+,15-12+. The minimum Gasteiger partial charge on any atom is -0.101 e. The zero-order valence-corrected chi connectivity index (χ0v) is 12.5. The van der Waals surface area contributed by atoms with Gasteiger partial charge in [0.05, 0.1) is 4.48 Å². The Bertz CT molecular complexity index is 299. The van der Waals surface area contributed by atoms with Gasteiger partial charge in [0.2, 0.25) is 0 Å². The lowest BCUT2D eigenvalue weighted by Crippen LogP contribution is -1.96. The molecule has 1 heteroatoms. The van der Waals surface area contributed by atoms with Gasteiger partial charge in [0.1, 0.15) is 0 Å². The van der Waals surface area contributed by atoms with Crippen LogP contribution in [0, 0.1) is 17.8 Å². The van der Waals surface area contributed by atoms with Gasteiger partial charge in [-0.1, -0.05) is 50.7 Å². The van der Waals surface area contributed by atoms with Crippen molar-refractivity contribution in [1.29, 1.82) is 0 Å². The van der Waals surface area contributed by atoms with Crippen LogP contribution in [0.4, 0.5) is 0 Å². The maximum absolute atomic E-state index is 3.42. The fourth-order valence-corrected chi connectivity index (χ4v) is 1.79. The van der Waals surface area contributed by atoms with Crippen molar-refractivity contribution in [3.05, 3.63) is 22.2 Å². The van der Waals surface area contributed by atoms with E-state index >= 15 is 0 Å². The molecule has 0 aromatic carbocycles. The molecule has 0 radical (unpaired) electrons. The summed E-state index contributed by atoms with van der Waals surface area (Å²) in [7, 11) is 0. The highest BCUT2D eigenvalue weighted by Gasteiger charge is 2.02. The summed E-state index contributed by atoms with van der Waals surface area (Å²) in [4.78, 5) is 0. The Morgan fingerprint density at radius 3 is 2.56 bits per heavy atom. The Kier molecular flexibility index (Phi) is 9.43. The van der Waals surface area contributed by atoms with Gasteiger partial charge >= 0.3 is 0 Å². The van der Waals surface area contributed by atoms with E-state index in [1.807, 2.05) is 13.0 Å². The molecular weight excluding hydrogens is 260 g/mol. The van der Waals surface area contributed by atoms with Crippen molar-refractivity contribution in [2.24, 2.45) is 5.92 Å². The molecule has 0 aromatic heterocycles. The zero-order chi connectivity index (χ0) is 12.4. The Morgan fingerprint density at radius 1 is 1.31 bits per heavy atom. The Morgan fingerprint density at radius 2 is 2.00 bits per heavy atom. The number of allylic oxidation sites excluding steroid dienone is 4. The molecule has 0 aliphatic rings. The van der Waals surface area contributed by atoms with Gasteiger partial charge in [0, 0.05) is 0 Å². The molecule has 0 saturated heterocycles. The summed E-state index contributed by atoms with van der Waals surface area (Å²) in [5.74, 6) is 6.52. The number of hydrogen-bond donors (Lipinski definition) is 0. The van der Waals surface area contributed by atoms with Crippen LogP contribution in [0.1, 0.15) is 53.4 Å². The fourth-order valence-electron chi connectivity index (χ4n) is 1.46. The molecule has 0 rings (SSSR count). The molecule has 0 saturated carbocycles. The minimum absolute atomic E-state index is 0.678. The van der Waals surface area contributed by atoms with E-state index in [2.05, 4.69) is 54.6 Å². The first-order chi connectivity index (χ1) is 7.61. The Hall–Kier alpha value is -0.480. The van der Waals surface area contributed by atoms with Gasteiger partial charge in [-0.05, 0) is 48.2 Å². The Balaban J connectivity index is 4.18. The van der Waals surface area contributed by atoms with Crippen molar-refractivity contribution in [2.45, 2.75) is 53.4 Å². The van der Waals surface area contributed by atoms with E-state index in [1.165, 1.54) is 31.3 Å². The van der Waals surface area contributed by atoms with Crippen LogP contribution in [0.25, 0.3) is 0 Å². The molecule has 1 unspecified atom stereocenters. The smallest absolute Gasteiger partial charge is 0.0673 e. The second-order valence-electron chi connectivity index (χ2n) is 4.20. The predicted octanol–water partition coefficient (Wildman–Crippen LogP) is 5.45. The summed E-state index contributed by atoms with van der Waals surface area (Å²) in [6.07, 6.45) is 9.49. The molecular formula is C15H23Br. The largest absolute Gasteiger partial charge is 0.101 e. The van der Waals surface area contributed by atoms with Gasteiger partial charge < -0.3 is 0 Å². The quantitative estimate of drug-likeness (QED) is 0.345. The van der Waals surface area contributed by atoms with Crippen molar-refractivity contribution in [2.75, 3.05) is 0 Å². The van der Waals surface area contributed by atoms with Gasteiger partial charge in [-0.25, -0.2) is 0 Å². The van der Waals surface area contributed by atoms with E-state index in [1.54, 1.807) is 0 Å². The highest BCUT2D eigenvalue weighted by Crippen LogP contribution is 2.18. The summed E-state index contributed by atoms with van der Waals surface area (Å²) in [6.45, 7) is 8.59. The maximum Gasteiger partial charge on any atom is 0.0673 e. The van der Waals surface area contributed by atoms with Crippen LogP contribution in [0.5, 0.6) is 0 Å². The van der Waals surface area contributed by atoms with Crippen molar-refractivity contribution >= 4 is 15.9 Å². The summed E-state index contributed by atoms with van der Waals surface area (Å²) >= 11 is 3.42. The average molecular weight is 283 g/mol. The van der Waals surface area contributed by atoms with Crippen molar-refractivity contribution in [3.8, 4) is 11.8 Å². The fraction of sp³-hybridized carbons (Fsp3) is 0.600. The van der Waals surface area contributed by atoms with Gasteiger partial charge in [0.25, 0.3) is 0 Å². The molecule has 0 fully saturated rings. The lowest BCUT2D eigenvalue weighted by Gasteiger charge is -2.10. The molecule has 0 aliphatic heterocycles. The highest BCUT2D eigenvalue weighted by atomic mass is 79.9. The number of rotatable bonds is 6. The van der Waals surface area contributed by atoms with Crippen molar-refractivity contribution < 1.29 is 0 Å². The van der Waals surface area contributed by atoms with E-state index < -0.39 is 0 Å². The van der Waals surface area contributed by atoms with Gasteiger partial charge in [-0.3, -0.25) is 0 Å². The average Bonchev–Trinajstić information content (AvgIpc) is 2.26. The first kappa shape index (κ1) is 15.5. The zero-order valence-electron chi connectivity index (χ0n) is 10.9. The summed E-state index contributed by atoms with van der Waals surface area (Å²) in [6, 6.07) is 0. The number of unbranched alkanes of at least 4 members (excludes halogenated alkanes) is 2. The van der Waals surface area contributed by atoms with Gasteiger partial charge in [0.15, 0.2) is 0 Å². The predicted molar refractivity (Wildman–Crippen MR) is 77.5 cm³/mol. The van der Waals surface area contributed by atoms with Crippen LogP contribution in [-0.4, -0.2) is 0 Å². The summed E-state index contributed by atoms with van der Waals surface area (Å²) in [5, 5.41) is 0. The third-order valence-corrected chi connectivity index (χ3v) is 3.22. The third kappa shape index (κ3) is 7.77. The molecule has 0 spiro atoms. The minimum atomic E-state index is 0.678. The van der Waals surface area contributed by atoms with Crippen LogP contribution in [0.15, 0.2) is 22.2 Å². The molecule has 90 valence electrons. The first-order valence-corrected chi connectivity index (χ1v) is 6.87. The molecule has 0 amide bonds. The molecule has 0 aliphatic carbocycles. The van der Waals surface area contributed by atoms with Gasteiger partial charge in [-0.2, -0.15) is 0 Å². The Labute approximate surface area is 109 Å². The van der Waals surface area contributed by atoms with Crippen LogP contribution in [0.3, 0.4) is 0 Å². The van der Waals surface area contributed by atoms with E-state index in [9.17, 15) is 0 Å². The van der Waals surface area contributed by atoms with E-state index in [-0.39, 0.29) is 0 Å². The van der Waals surface area contributed by atoms with Crippen molar-refractivity contribution in [1.82, 2.24) is 0 Å². The maximum atomic E-state index is 3.42. The first-order valence-electron chi connectivity index (χ1n) is 6.08. The molecule has 0 aromatic rings. The van der Waals surface area contributed by atoms with Crippen LogP contribution in [-0.2, 0) is 0 Å². The number of hydrogen-bond acceptors (Lipinski definition) is 0. The molecule has 1 atom stereocenters. The molecule has 0 N–H and O–H groups in total. The molecule has 16 heavy (non-hydrogen) atoms. The van der Waals surface area contributed by atoms with E-state index in [0.29, 0.717) is 5.92 Å². The SMILES string of the molecule is CC#C/C(Br)=C\C=C(/C)C(C)CCCCC.